The highest BCUT2D eigenvalue weighted by molar-refractivity contribution is 6.02. The van der Waals surface area contributed by atoms with Gasteiger partial charge in [0.25, 0.3) is 0 Å². The van der Waals surface area contributed by atoms with Crippen molar-refractivity contribution in [2.24, 2.45) is 0 Å². The largest absolute Gasteiger partial charge is 0.489 e. The number of hydrogen-bond acceptors (Lipinski definition) is 3. The van der Waals surface area contributed by atoms with E-state index in [9.17, 15) is 9.59 Å². The highest BCUT2D eigenvalue weighted by atomic mass is 16.5. The Labute approximate surface area is 176 Å². The summed E-state index contributed by atoms with van der Waals surface area (Å²) < 4.78 is 5.82. The van der Waals surface area contributed by atoms with Crippen LogP contribution >= 0.6 is 0 Å². The standard InChI is InChI=1S/C25H24N2O3/c1-19(28)27(2)23-14-12-22(13-15-23)26-25(29)16-11-20-9-6-10-24(17-20)30-18-21-7-4-3-5-8-21/h3-17H,18H2,1-2H3,(H,26,29)/b16-11+. The number of benzene rings is 3. The maximum Gasteiger partial charge on any atom is 0.248 e. The third-order valence-corrected chi connectivity index (χ3v) is 4.53. The minimum absolute atomic E-state index is 0.0512. The van der Waals surface area contributed by atoms with Gasteiger partial charge in [0.2, 0.25) is 11.8 Å². The Morgan fingerprint density at radius 1 is 0.967 bits per heavy atom. The molecule has 0 saturated carbocycles. The fourth-order valence-electron chi connectivity index (χ4n) is 2.75. The fourth-order valence-corrected chi connectivity index (χ4v) is 2.75. The predicted molar refractivity (Wildman–Crippen MR) is 120 cm³/mol. The van der Waals surface area contributed by atoms with Gasteiger partial charge in [0.15, 0.2) is 0 Å². The molecule has 0 aromatic heterocycles. The third kappa shape index (κ3) is 6.07. The summed E-state index contributed by atoms with van der Waals surface area (Å²) >= 11 is 0. The molecule has 0 aliphatic carbocycles. The molecule has 0 saturated heterocycles. The zero-order valence-corrected chi connectivity index (χ0v) is 17.0. The van der Waals surface area contributed by atoms with Crippen LogP contribution in [0, 0.1) is 0 Å². The zero-order chi connectivity index (χ0) is 21.3. The molecule has 0 aliphatic heterocycles. The molecule has 2 amide bonds. The van der Waals surface area contributed by atoms with E-state index in [0.29, 0.717) is 12.3 Å². The van der Waals surface area contributed by atoms with Crippen molar-refractivity contribution in [3.8, 4) is 5.75 Å². The van der Waals surface area contributed by atoms with E-state index in [4.69, 9.17) is 4.74 Å². The van der Waals surface area contributed by atoms with Gasteiger partial charge >= 0.3 is 0 Å². The SMILES string of the molecule is CC(=O)N(C)c1ccc(NC(=O)/C=C/c2cccc(OCc3ccccc3)c2)cc1. The van der Waals surface area contributed by atoms with Crippen molar-refractivity contribution in [1.82, 2.24) is 0 Å². The quantitative estimate of drug-likeness (QED) is 0.574. The summed E-state index contributed by atoms with van der Waals surface area (Å²) in [7, 11) is 1.70. The van der Waals surface area contributed by atoms with E-state index >= 15 is 0 Å². The van der Waals surface area contributed by atoms with Crippen molar-refractivity contribution in [2.75, 3.05) is 17.3 Å². The van der Waals surface area contributed by atoms with Gasteiger partial charge in [0.1, 0.15) is 12.4 Å². The Kier molecular flexibility index (Phi) is 7.00. The number of carbonyl (C=O) groups is 2. The van der Waals surface area contributed by atoms with E-state index in [-0.39, 0.29) is 11.8 Å². The summed E-state index contributed by atoms with van der Waals surface area (Å²) in [6.07, 6.45) is 3.22. The lowest BCUT2D eigenvalue weighted by Crippen LogP contribution is -2.22. The van der Waals surface area contributed by atoms with Crippen LogP contribution in [0.3, 0.4) is 0 Å². The Balaban J connectivity index is 1.56. The molecule has 152 valence electrons. The summed E-state index contributed by atoms with van der Waals surface area (Å²) in [5, 5.41) is 2.81. The minimum atomic E-state index is -0.238. The Morgan fingerprint density at radius 2 is 1.70 bits per heavy atom. The molecule has 0 fully saturated rings. The van der Waals surface area contributed by atoms with Crippen molar-refractivity contribution >= 4 is 29.3 Å². The summed E-state index contributed by atoms with van der Waals surface area (Å²) in [5.74, 6) is 0.453. The maximum atomic E-state index is 12.2. The van der Waals surface area contributed by atoms with E-state index < -0.39 is 0 Å². The summed E-state index contributed by atoms with van der Waals surface area (Å²) in [4.78, 5) is 25.2. The van der Waals surface area contributed by atoms with E-state index in [2.05, 4.69) is 5.32 Å². The highest BCUT2D eigenvalue weighted by Gasteiger charge is 2.05. The second kappa shape index (κ2) is 10.1. The van der Waals surface area contributed by atoms with E-state index in [1.807, 2.05) is 54.6 Å². The molecule has 0 bridgehead atoms. The van der Waals surface area contributed by atoms with Crippen LogP contribution in [0.25, 0.3) is 6.08 Å². The first-order valence-corrected chi connectivity index (χ1v) is 9.61. The molecule has 5 heteroatoms. The molecule has 0 aliphatic rings. The molecule has 3 aromatic rings. The summed E-state index contributed by atoms with van der Waals surface area (Å²) in [5.41, 5.74) is 3.39. The number of nitrogens with zero attached hydrogens (tertiary/aromatic N) is 1. The van der Waals surface area contributed by atoms with Crippen LogP contribution in [0.5, 0.6) is 5.75 Å². The van der Waals surface area contributed by atoms with Crippen molar-refractivity contribution in [1.29, 1.82) is 0 Å². The number of amides is 2. The van der Waals surface area contributed by atoms with Crippen molar-refractivity contribution in [3.63, 3.8) is 0 Å². The molecule has 0 atom stereocenters. The first kappa shape index (κ1) is 20.9. The molecule has 3 rings (SSSR count). The van der Waals surface area contributed by atoms with Gasteiger partial charge in [-0.15, -0.1) is 0 Å². The lowest BCUT2D eigenvalue weighted by atomic mass is 10.2. The van der Waals surface area contributed by atoms with Gasteiger partial charge in [-0.1, -0.05) is 42.5 Å². The Bertz CT molecular complexity index is 1030. The van der Waals surface area contributed by atoms with E-state index in [1.54, 1.807) is 42.3 Å². The molecule has 1 N–H and O–H groups in total. The molecule has 5 nitrogen and oxygen atoms in total. The second-order valence-corrected chi connectivity index (χ2v) is 6.79. The number of nitrogens with one attached hydrogen (secondary N) is 1. The van der Waals surface area contributed by atoms with E-state index in [0.717, 1.165) is 22.6 Å². The molecule has 0 heterocycles. The Morgan fingerprint density at radius 3 is 2.40 bits per heavy atom. The highest BCUT2D eigenvalue weighted by Crippen LogP contribution is 2.18. The van der Waals surface area contributed by atoms with Crippen LogP contribution in [-0.2, 0) is 16.2 Å². The van der Waals surface area contributed by atoms with Crippen molar-refractivity contribution < 1.29 is 14.3 Å². The molecule has 0 radical (unpaired) electrons. The third-order valence-electron chi connectivity index (χ3n) is 4.53. The molecule has 3 aromatic carbocycles. The van der Waals surface area contributed by atoms with Gasteiger partial charge in [0, 0.05) is 31.4 Å². The van der Waals surface area contributed by atoms with Gasteiger partial charge in [0.05, 0.1) is 0 Å². The van der Waals surface area contributed by atoms with Gasteiger partial charge < -0.3 is 15.0 Å². The molecule has 0 unspecified atom stereocenters. The molecular weight excluding hydrogens is 376 g/mol. The van der Waals surface area contributed by atoms with Crippen LogP contribution in [0.2, 0.25) is 0 Å². The smallest absolute Gasteiger partial charge is 0.248 e. The maximum absolute atomic E-state index is 12.2. The van der Waals surface area contributed by atoms with Gasteiger partial charge in [-0.3, -0.25) is 9.59 Å². The lowest BCUT2D eigenvalue weighted by Gasteiger charge is -2.15. The second-order valence-electron chi connectivity index (χ2n) is 6.79. The number of hydrogen-bond donors (Lipinski definition) is 1. The van der Waals surface area contributed by atoms with Crippen molar-refractivity contribution in [3.05, 3.63) is 96.1 Å². The van der Waals surface area contributed by atoms with E-state index in [1.165, 1.54) is 13.0 Å². The normalized spacial score (nSPS) is 10.6. The van der Waals surface area contributed by atoms with Crippen molar-refractivity contribution in [2.45, 2.75) is 13.5 Å². The Hall–Kier alpha value is -3.86. The van der Waals surface area contributed by atoms with Crippen LogP contribution in [0.4, 0.5) is 11.4 Å². The molecular formula is C25H24N2O3. The fraction of sp³-hybridized carbons (Fsp3) is 0.120. The van der Waals surface area contributed by atoms with Gasteiger partial charge in [-0.2, -0.15) is 0 Å². The molecule has 0 spiro atoms. The monoisotopic (exact) mass is 400 g/mol. The zero-order valence-electron chi connectivity index (χ0n) is 17.0. The number of anilines is 2. The van der Waals surface area contributed by atoms with Gasteiger partial charge in [-0.25, -0.2) is 0 Å². The number of carbonyl (C=O) groups excluding carboxylic acids is 2. The minimum Gasteiger partial charge on any atom is -0.489 e. The number of rotatable bonds is 7. The predicted octanol–water partition coefficient (Wildman–Crippen LogP) is 4.90. The topological polar surface area (TPSA) is 58.6 Å². The average Bonchev–Trinajstić information content (AvgIpc) is 2.77. The first-order valence-electron chi connectivity index (χ1n) is 9.61. The lowest BCUT2D eigenvalue weighted by molar-refractivity contribution is -0.116. The van der Waals surface area contributed by atoms with Gasteiger partial charge in [-0.05, 0) is 53.6 Å². The number of ether oxygens (including phenoxy) is 1. The first-order chi connectivity index (χ1) is 14.5. The van der Waals surface area contributed by atoms with Crippen LogP contribution in [0.15, 0.2) is 84.9 Å². The summed E-state index contributed by atoms with van der Waals surface area (Å²) in [6.45, 7) is 1.99. The van der Waals surface area contributed by atoms with Crippen LogP contribution in [0.1, 0.15) is 18.1 Å². The van der Waals surface area contributed by atoms with Crippen LogP contribution in [-0.4, -0.2) is 18.9 Å². The summed E-state index contributed by atoms with van der Waals surface area (Å²) in [6, 6.07) is 24.6. The average molecular weight is 400 g/mol. The van der Waals surface area contributed by atoms with Crippen LogP contribution < -0.4 is 15.0 Å². The molecule has 30 heavy (non-hydrogen) atoms.